The van der Waals surface area contributed by atoms with Crippen molar-refractivity contribution in [3.8, 4) is 0 Å². The van der Waals surface area contributed by atoms with E-state index in [1.54, 1.807) is 0 Å². The Morgan fingerprint density at radius 3 is 1.50 bits per heavy atom. The first kappa shape index (κ1) is 8.02. The van der Waals surface area contributed by atoms with Crippen molar-refractivity contribution in [3.63, 3.8) is 0 Å². The lowest BCUT2D eigenvalue weighted by Gasteiger charge is -2.60. The van der Waals surface area contributed by atoms with E-state index < -0.39 is 0 Å². The summed E-state index contributed by atoms with van der Waals surface area (Å²) < 4.78 is 0. The summed E-state index contributed by atoms with van der Waals surface area (Å²) in [5.74, 6) is 0. The largest absolute Gasteiger partial charge is 0.392 e. The van der Waals surface area contributed by atoms with Gasteiger partial charge in [-0.2, -0.15) is 0 Å². The van der Waals surface area contributed by atoms with E-state index >= 15 is 0 Å². The molecule has 2 heteroatoms. The summed E-state index contributed by atoms with van der Waals surface area (Å²) in [5.41, 5.74) is 5.68. The average Bonchev–Trinajstić information content (AvgIpc) is 1.84. The number of hydrogen-bond donors (Lipinski definition) is 2. The van der Waals surface area contributed by atoms with Gasteiger partial charge in [-0.05, 0) is 0 Å². The van der Waals surface area contributed by atoms with Crippen molar-refractivity contribution in [2.24, 2.45) is 16.6 Å². The Balaban J connectivity index is 2.78. The molecule has 1 saturated carbocycles. The zero-order chi connectivity index (χ0) is 8.15. The third-order valence-electron chi connectivity index (χ3n) is 3.01. The Labute approximate surface area is 62.4 Å². The van der Waals surface area contributed by atoms with Gasteiger partial charge in [0.1, 0.15) is 0 Å². The van der Waals surface area contributed by atoms with Gasteiger partial charge in [0.05, 0.1) is 6.10 Å². The monoisotopic (exact) mass is 143 g/mol. The zero-order valence-electron chi connectivity index (χ0n) is 7.18. The van der Waals surface area contributed by atoms with Gasteiger partial charge in [-0.1, -0.05) is 27.7 Å². The summed E-state index contributed by atoms with van der Waals surface area (Å²) in [4.78, 5) is 0. The van der Waals surface area contributed by atoms with E-state index in [0.29, 0.717) is 0 Å². The van der Waals surface area contributed by atoms with Gasteiger partial charge in [0.15, 0.2) is 0 Å². The SMILES string of the molecule is CC1(C)C(N)C(C)(C)C1O. The lowest BCUT2D eigenvalue weighted by Crippen LogP contribution is -2.71. The normalized spacial score (nSPS) is 42.6. The van der Waals surface area contributed by atoms with Gasteiger partial charge in [0.2, 0.25) is 0 Å². The minimum Gasteiger partial charge on any atom is -0.392 e. The maximum absolute atomic E-state index is 9.59. The second-order valence-electron chi connectivity index (χ2n) is 4.52. The first-order valence-electron chi connectivity index (χ1n) is 3.75. The molecule has 1 aliphatic carbocycles. The molecule has 0 bridgehead atoms. The van der Waals surface area contributed by atoms with E-state index in [1.807, 2.05) is 27.7 Å². The molecule has 10 heavy (non-hydrogen) atoms. The number of nitrogens with two attached hydrogens (primary N) is 1. The smallest absolute Gasteiger partial charge is 0.0672 e. The van der Waals surface area contributed by atoms with Gasteiger partial charge in [-0.3, -0.25) is 0 Å². The summed E-state index contributed by atoms with van der Waals surface area (Å²) in [6.07, 6.45) is -0.255. The first-order valence-corrected chi connectivity index (χ1v) is 3.75. The average molecular weight is 143 g/mol. The molecule has 0 radical (unpaired) electrons. The molecule has 1 aliphatic rings. The Bertz CT molecular complexity index is 121. The van der Waals surface area contributed by atoms with Crippen LogP contribution in [0.15, 0.2) is 0 Å². The van der Waals surface area contributed by atoms with Crippen LogP contribution in [0.3, 0.4) is 0 Å². The fraction of sp³-hybridized carbons (Fsp3) is 1.00. The number of aliphatic hydroxyl groups is 1. The fourth-order valence-electron chi connectivity index (χ4n) is 2.16. The van der Waals surface area contributed by atoms with Crippen molar-refractivity contribution < 1.29 is 5.11 Å². The van der Waals surface area contributed by atoms with Gasteiger partial charge in [-0.25, -0.2) is 0 Å². The highest BCUT2D eigenvalue weighted by Crippen LogP contribution is 2.52. The Kier molecular flexibility index (Phi) is 1.40. The van der Waals surface area contributed by atoms with Crippen molar-refractivity contribution in [2.75, 3.05) is 0 Å². The number of aliphatic hydroxyl groups excluding tert-OH is 1. The minimum absolute atomic E-state index is 0.0938. The summed E-state index contributed by atoms with van der Waals surface area (Å²) >= 11 is 0. The predicted molar refractivity (Wildman–Crippen MR) is 41.5 cm³/mol. The molecule has 0 aromatic rings. The van der Waals surface area contributed by atoms with Crippen LogP contribution in [0.2, 0.25) is 0 Å². The molecule has 0 heterocycles. The molecule has 1 fully saturated rings. The summed E-state index contributed by atoms with van der Waals surface area (Å²) in [6.45, 7) is 8.03. The molecule has 0 unspecified atom stereocenters. The summed E-state index contributed by atoms with van der Waals surface area (Å²) in [6, 6.07) is 0.120. The molecule has 0 aromatic heterocycles. The molecule has 0 spiro atoms. The highest BCUT2D eigenvalue weighted by Gasteiger charge is 2.59. The molecule has 0 aliphatic heterocycles. The maximum Gasteiger partial charge on any atom is 0.0672 e. The minimum atomic E-state index is -0.255. The summed E-state index contributed by atoms with van der Waals surface area (Å²) in [7, 11) is 0. The quantitative estimate of drug-likeness (QED) is 0.525. The van der Waals surface area contributed by atoms with E-state index in [-0.39, 0.29) is 23.0 Å². The van der Waals surface area contributed by atoms with Crippen LogP contribution in [0.1, 0.15) is 27.7 Å². The van der Waals surface area contributed by atoms with E-state index in [9.17, 15) is 5.11 Å². The lowest BCUT2D eigenvalue weighted by atomic mass is 9.50. The Hall–Kier alpha value is -0.0800. The highest BCUT2D eigenvalue weighted by atomic mass is 16.3. The van der Waals surface area contributed by atoms with Crippen molar-refractivity contribution in [1.82, 2.24) is 0 Å². The van der Waals surface area contributed by atoms with Crippen molar-refractivity contribution >= 4 is 0 Å². The lowest BCUT2D eigenvalue weighted by molar-refractivity contribution is -0.170. The van der Waals surface area contributed by atoms with Crippen molar-refractivity contribution in [1.29, 1.82) is 0 Å². The van der Waals surface area contributed by atoms with Gasteiger partial charge < -0.3 is 10.8 Å². The van der Waals surface area contributed by atoms with Crippen LogP contribution in [0.5, 0.6) is 0 Å². The molecule has 1 rings (SSSR count). The fourth-order valence-corrected chi connectivity index (χ4v) is 2.16. The van der Waals surface area contributed by atoms with Gasteiger partial charge in [0.25, 0.3) is 0 Å². The molecule has 60 valence electrons. The van der Waals surface area contributed by atoms with E-state index in [1.165, 1.54) is 0 Å². The first-order chi connectivity index (χ1) is 4.31. The van der Waals surface area contributed by atoms with Crippen LogP contribution in [0, 0.1) is 10.8 Å². The van der Waals surface area contributed by atoms with Crippen LogP contribution in [-0.4, -0.2) is 17.3 Å². The van der Waals surface area contributed by atoms with Crippen LogP contribution in [0.25, 0.3) is 0 Å². The number of hydrogen-bond acceptors (Lipinski definition) is 2. The Morgan fingerprint density at radius 1 is 1.10 bits per heavy atom. The van der Waals surface area contributed by atoms with Crippen LogP contribution >= 0.6 is 0 Å². The number of rotatable bonds is 0. The highest BCUT2D eigenvalue weighted by molar-refractivity contribution is 5.12. The molecular weight excluding hydrogens is 126 g/mol. The Morgan fingerprint density at radius 2 is 1.40 bits per heavy atom. The molecular formula is C8H17NO. The van der Waals surface area contributed by atoms with Crippen LogP contribution in [0.4, 0.5) is 0 Å². The van der Waals surface area contributed by atoms with Crippen LogP contribution in [-0.2, 0) is 0 Å². The van der Waals surface area contributed by atoms with E-state index in [0.717, 1.165) is 0 Å². The molecule has 2 nitrogen and oxygen atoms in total. The molecule has 0 amide bonds. The zero-order valence-corrected chi connectivity index (χ0v) is 7.18. The van der Waals surface area contributed by atoms with Crippen molar-refractivity contribution in [3.05, 3.63) is 0 Å². The van der Waals surface area contributed by atoms with Gasteiger partial charge >= 0.3 is 0 Å². The third kappa shape index (κ3) is 0.663. The standard InChI is InChI=1S/C8H17NO/c1-7(2)5(9)8(3,4)6(7)10/h5-6,10H,9H2,1-4H3. The summed E-state index contributed by atoms with van der Waals surface area (Å²) in [5, 5.41) is 9.59. The van der Waals surface area contributed by atoms with E-state index in [4.69, 9.17) is 5.73 Å². The molecule has 0 saturated heterocycles. The molecule has 3 N–H and O–H groups in total. The topological polar surface area (TPSA) is 46.2 Å². The molecule has 0 atom stereocenters. The van der Waals surface area contributed by atoms with Gasteiger partial charge in [-0.15, -0.1) is 0 Å². The predicted octanol–water partition coefficient (Wildman–Crippen LogP) is 0.741. The maximum atomic E-state index is 9.59. The van der Waals surface area contributed by atoms with Crippen molar-refractivity contribution in [2.45, 2.75) is 39.8 Å². The molecule has 0 aromatic carbocycles. The second-order valence-corrected chi connectivity index (χ2v) is 4.52. The van der Waals surface area contributed by atoms with E-state index in [2.05, 4.69) is 0 Å². The van der Waals surface area contributed by atoms with Crippen LogP contribution < -0.4 is 5.73 Å². The van der Waals surface area contributed by atoms with Gasteiger partial charge in [0, 0.05) is 16.9 Å². The third-order valence-corrected chi connectivity index (χ3v) is 3.01. The second kappa shape index (κ2) is 1.74.